The number of guanidine groups is 1. The van der Waals surface area contributed by atoms with Crippen LogP contribution in [0.2, 0.25) is 4.34 Å². The molecule has 0 saturated carbocycles. The molecule has 110 valence electrons. The summed E-state index contributed by atoms with van der Waals surface area (Å²) >= 11 is 9.41. The van der Waals surface area contributed by atoms with Crippen LogP contribution in [0.4, 0.5) is 0 Å². The highest BCUT2D eigenvalue weighted by molar-refractivity contribution is 14.0. The molecule has 0 aromatic carbocycles. The summed E-state index contributed by atoms with van der Waals surface area (Å²) in [6.45, 7) is 1.79. The van der Waals surface area contributed by atoms with Crippen LogP contribution in [0.5, 0.6) is 0 Å². The van der Waals surface area contributed by atoms with E-state index >= 15 is 0 Å². The summed E-state index contributed by atoms with van der Waals surface area (Å²) in [6.07, 6.45) is 3.28. The zero-order valence-electron chi connectivity index (χ0n) is 11.5. The van der Waals surface area contributed by atoms with Crippen molar-refractivity contribution in [2.24, 2.45) is 4.99 Å². The molecule has 0 aliphatic rings. The first-order chi connectivity index (χ1) is 8.67. The number of hydrogen-bond acceptors (Lipinski definition) is 3. The second-order valence-corrected chi connectivity index (χ2v) is 6.67. The third-order valence-corrected chi connectivity index (χ3v) is 4.32. The Morgan fingerprint density at radius 3 is 2.79 bits per heavy atom. The van der Waals surface area contributed by atoms with Gasteiger partial charge in [-0.15, -0.1) is 35.3 Å². The molecule has 0 aliphatic heterocycles. The first-order valence-corrected chi connectivity index (χ1v) is 8.41. The van der Waals surface area contributed by atoms with Crippen molar-refractivity contribution < 1.29 is 0 Å². The van der Waals surface area contributed by atoms with Crippen molar-refractivity contribution in [2.75, 3.05) is 32.6 Å². The van der Waals surface area contributed by atoms with E-state index in [1.165, 1.54) is 10.6 Å². The lowest BCUT2D eigenvalue weighted by Gasteiger charge is -2.21. The molecule has 3 nitrogen and oxygen atoms in total. The number of rotatable bonds is 6. The van der Waals surface area contributed by atoms with Gasteiger partial charge in [0.15, 0.2) is 5.96 Å². The van der Waals surface area contributed by atoms with Crippen LogP contribution in [0.1, 0.15) is 11.3 Å². The predicted molar refractivity (Wildman–Crippen MR) is 101 cm³/mol. The highest BCUT2D eigenvalue weighted by atomic mass is 127. The van der Waals surface area contributed by atoms with Crippen molar-refractivity contribution in [3.05, 3.63) is 21.3 Å². The fourth-order valence-electron chi connectivity index (χ4n) is 1.55. The fourth-order valence-corrected chi connectivity index (χ4v) is 3.12. The fraction of sp³-hybridized carbons (Fsp3) is 0.583. The average molecular weight is 434 g/mol. The van der Waals surface area contributed by atoms with Crippen molar-refractivity contribution in [1.29, 1.82) is 0 Å². The minimum atomic E-state index is 0. The van der Waals surface area contributed by atoms with E-state index in [-0.39, 0.29) is 24.0 Å². The van der Waals surface area contributed by atoms with Gasteiger partial charge in [-0.05, 0) is 30.6 Å². The molecule has 7 heteroatoms. The van der Waals surface area contributed by atoms with Crippen molar-refractivity contribution in [1.82, 2.24) is 10.2 Å². The molecule has 0 radical (unpaired) electrons. The molecule has 1 N–H and O–H groups in total. The SMILES string of the molecule is CN=C(NCCCSC)N(C)Cc1ccc(Cl)s1.I. The standard InChI is InChI=1S/C12H20ClN3S2.HI/c1-14-12(15-7-4-8-17-3)16(2)9-10-5-6-11(13)18-10;/h5-6H,4,7-9H2,1-3H3,(H,14,15);1H. The molecule has 0 amide bonds. The molecule has 0 saturated heterocycles. The zero-order chi connectivity index (χ0) is 13.4. The number of nitrogens with zero attached hydrogens (tertiary/aromatic N) is 2. The van der Waals surface area contributed by atoms with Gasteiger partial charge in [0.05, 0.1) is 10.9 Å². The zero-order valence-corrected chi connectivity index (χ0v) is 16.2. The third-order valence-electron chi connectivity index (χ3n) is 2.40. The van der Waals surface area contributed by atoms with E-state index in [4.69, 9.17) is 11.6 Å². The minimum Gasteiger partial charge on any atom is -0.356 e. The third kappa shape index (κ3) is 7.63. The van der Waals surface area contributed by atoms with Gasteiger partial charge in [-0.25, -0.2) is 0 Å². The number of nitrogens with one attached hydrogen (secondary N) is 1. The Hall–Kier alpha value is 0.340. The molecule has 0 aliphatic carbocycles. The highest BCUT2D eigenvalue weighted by Crippen LogP contribution is 2.22. The van der Waals surface area contributed by atoms with Gasteiger partial charge >= 0.3 is 0 Å². The van der Waals surface area contributed by atoms with Crippen molar-refractivity contribution in [3.8, 4) is 0 Å². The van der Waals surface area contributed by atoms with E-state index in [0.29, 0.717) is 0 Å². The average Bonchev–Trinajstić information content (AvgIpc) is 2.75. The van der Waals surface area contributed by atoms with E-state index in [2.05, 4.69) is 27.5 Å². The summed E-state index contributed by atoms with van der Waals surface area (Å²) in [6, 6.07) is 3.99. The highest BCUT2D eigenvalue weighted by Gasteiger charge is 2.07. The molecule has 0 atom stereocenters. The molecule has 0 spiro atoms. The summed E-state index contributed by atoms with van der Waals surface area (Å²) in [4.78, 5) is 7.64. The Morgan fingerprint density at radius 2 is 2.26 bits per heavy atom. The Morgan fingerprint density at radius 1 is 1.53 bits per heavy atom. The predicted octanol–water partition coefficient (Wildman–Crippen LogP) is 3.78. The number of hydrogen-bond donors (Lipinski definition) is 1. The summed E-state index contributed by atoms with van der Waals surface area (Å²) in [5.41, 5.74) is 0. The Kier molecular flexibility index (Phi) is 11.2. The lowest BCUT2D eigenvalue weighted by molar-refractivity contribution is 0.481. The van der Waals surface area contributed by atoms with Crippen LogP contribution in [-0.2, 0) is 6.54 Å². The van der Waals surface area contributed by atoms with Crippen molar-refractivity contribution >= 4 is 64.6 Å². The molecule has 0 fully saturated rings. The summed E-state index contributed by atoms with van der Waals surface area (Å²) in [7, 11) is 3.85. The van der Waals surface area contributed by atoms with E-state index in [9.17, 15) is 0 Å². The lowest BCUT2D eigenvalue weighted by Crippen LogP contribution is -2.38. The van der Waals surface area contributed by atoms with Crippen LogP contribution in [0.3, 0.4) is 0 Å². The molecule has 0 bridgehead atoms. The van der Waals surface area contributed by atoms with E-state index in [1.54, 1.807) is 11.3 Å². The summed E-state index contributed by atoms with van der Waals surface area (Å²) < 4.78 is 0.835. The Balaban J connectivity index is 0.00000324. The van der Waals surface area contributed by atoms with Crippen LogP contribution in [0.25, 0.3) is 0 Å². The Bertz CT molecular complexity index is 385. The molecular formula is C12H21ClIN3S2. The van der Waals surface area contributed by atoms with Crippen LogP contribution in [0, 0.1) is 0 Å². The maximum atomic E-state index is 5.93. The number of aliphatic imine (C=N–C) groups is 1. The van der Waals surface area contributed by atoms with Crippen molar-refractivity contribution in [2.45, 2.75) is 13.0 Å². The first-order valence-electron chi connectivity index (χ1n) is 5.82. The molecule has 0 unspecified atom stereocenters. The van der Waals surface area contributed by atoms with E-state index < -0.39 is 0 Å². The lowest BCUT2D eigenvalue weighted by atomic mass is 10.4. The summed E-state index contributed by atoms with van der Waals surface area (Å²) in [5.74, 6) is 2.11. The molecule has 1 rings (SSSR count). The molecule has 1 aromatic rings. The number of halogens is 2. The van der Waals surface area contributed by atoms with Gasteiger partial charge in [0.2, 0.25) is 0 Å². The molecule has 19 heavy (non-hydrogen) atoms. The van der Waals surface area contributed by atoms with E-state index in [1.807, 2.05) is 31.9 Å². The largest absolute Gasteiger partial charge is 0.356 e. The summed E-state index contributed by atoms with van der Waals surface area (Å²) in [5, 5.41) is 3.37. The second kappa shape index (κ2) is 11.0. The van der Waals surface area contributed by atoms with Crippen molar-refractivity contribution in [3.63, 3.8) is 0 Å². The van der Waals surface area contributed by atoms with Gasteiger partial charge in [0.25, 0.3) is 0 Å². The van der Waals surface area contributed by atoms with Gasteiger partial charge in [0, 0.05) is 25.5 Å². The van der Waals surface area contributed by atoms with Gasteiger partial charge in [-0.3, -0.25) is 4.99 Å². The second-order valence-electron chi connectivity index (χ2n) is 3.88. The quantitative estimate of drug-likeness (QED) is 0.320. The maximum Gasteiger partial charge on any atom is 0.193 e. The number of thioether (sulfide) groups is 1. The molecule has 1 aromatic heterocycles. The Labute approximate surface area is 146 Å². The molecular weight excluding hydrogens is 413 g/mol. The maximum absolute atomic E-state index is 5.93. The smallest absolute Gasteiger partial charge is 0.193 e. The van der Waals surface area contributed by atoms with Gasteiger partial charge in [-0.2, -0.15) is 11.8 Å². The minimum absolute atomic E-state index is 0. The van der Waals surface area contributed by atoms with E-state index in [0.717, 1.165) is 29.8 Å². The number of thiophene rings is 1. The van der Waals surface area contributed by atoms with Crippen LogP contribution in [-0.4, -0.2) is 43.5 Å². The van der Waals surface area contributed by atoms with Gasteiger partial charge in [0.1, 0.15) is 0 Å². The van der Waals surface area contributed by atoms with Gasteiger partial charge in [-0.1, -0.05) is 11.6 Å². The monoisotopic (exact) mass is 433 g/mol. The normalized spacial score (nSPS) is 11.1. The topological polar surface area (TPSA) is 27.6 Å². The van der Waals surface area contributed by atoms with Crippen LogP contribution >= 0.6 is 58.7 Å². The van der Waals surface area contributed by atoms with Crippen LogP contribution in [0.15, 0.2) is 17.1 Å². The van der Waals surface area contributed by atoms with Gasteiger partial charge < -0.3 is 10.2 Å². The molecule has 1 heterocycles. The van der Waals surface area contributed by atoms with Crippen LogP contribution < -0.4 is 5.32 Å². The first kappa shape index (κ1) is 19.3.